The van der Waals surface area contributed by atoms with Crippen molar-refractivity contribution < 1.29 is 9.90 Å². The molecule has 0 fully saturated rings. The van der Waals surface area contributed by atoms with Crippen molar-refractivity contribution in [1.82, 2.24) is 0 Å². The molecule has 2 nitrogen and oxygen atoms in total. The van der Waals surface area contributed by atoms with Crippen LogP contribution in [-0.4, -0.2) is 11.4 Å². The summed E-state index contributed by atoms with van der Waals surface area (Å²) >= 11 is 0. The molecular weight excluding hydrogens is 164 g/mol. The minimum atomic E-state index is 0.233. The van der Waals surface area contributed by atoms with Crippen molar-refractivity contribution >= 4 is 6.29 Å². The molecule has 0 bridgehead atoms. The normalized spacial score (nSPS) is 9.92. The quantitative estimate of drug-likeness (QED) is 0.719. The molecule has 1 aromatic carbocycles. The summed E-state index contributed by atoms with van der Waals surface area (Å²) in [5, 5.41) is 9.22. The topological polar surface area (TPSA) is 37.3 Å². The highest BCUT2D eigenvalue weighted by molar-refractivity contribution is 5.77. The van der Waals surface area contributed by atoms with Crippen LogP contribution >= 0.6 is 0 Å². The smallest absolute Gasteiger partial charge is 0.150 e. The van der Waals surface area contributed by atoms with E-state index in [1.54, 1.807) is 18.2 Å². The van der Waals surface area contributed by atoms with Gasteiger partial charge < -0.3 is 5.11 Å². The van der Waals surface area contributed by atoms with E-state index in [1.807, 2.05) is 0 Å². The Morgan fingerprint density at radius 3 is 2.85 bits per heavy atom. The minimum absolute atomic E-state index is 0.233. The van der Waals surface area contributed by atoms with Crippen LogP contribution in [0, 0.1) is 0 Å². The van der Waals surface area contributed by atoms with E-state index in [1.165, 1.54) is 0 Å². The van der Waals surface area contributed by atoms with Crippen LogP contribution in [0.5, 0.6) is 5.75 Å². The molecule has 0 amide bonds. The van der Waals surface area contributed by atoms with E-state index >= 15 is 0 Å². The largest absolute Gasteiger partial charge is 0.508 e. The van der Waals surface area contributed by atoms with Crippen molar-refractivity contribution in [2.24, 2.45) is 0 Å². The van der Waals surface area contributed by atoms with Crippen LogP contribution in [0.2, 0.25) is 0 Å². The number of aromatic hydroxyl groups is 1. The first-order valence-corrected chi connectivity index (χ1v) is 4.55. The SMILES string of the molecule is CCCCc1cc(O)ccc1C=O. The van der Waals surface area contributed by atoms with Gasteiger partial charge in [0, 0.05) is 5.56 Å². The first-order chi connectivity index (χ1) is 6.27. The van der Waals surface area contributed by atoms with Gasteiger partial charge in [0.1, 0.15) is 12.0 Å². The van der Waals surface area contributed by atoms with Crippen LogP contribution < -0.4 is 0 Å². The Hall–Kier alpha value is -1.31. The fraction of sp³-hybridized carbons (Fsp3) is 0.364. The minimum Gasteiger partial charge on any atom is -0.508 e. The molecule has 70 valence electrons. The maximum absolute atomic E-state index is 10.6. The molecule has 0 aromatic heterocycles. The number of phenols is 1. The first kappa shape index (κ1) is 9.78. The molecule has 0 heterocycles. The summed E-state index contributed by atoms with van der Waals surface area (Å²) in [6.07, 6.45) is 3.83. The predicted octanol–water partition coefficient (Wildman–Crippen LogP) is 2.55. The number of benzene rings is 1. The lowest BCUT2D eigenvalue weighted by Gasteiger charge is -2.03. The van der Waals surface area contributed by atoms with Gasteiger partial charge in [-0.2, -0.15) is 0 Å². The zero-order valence-electron chi connectivity index (χ0n) is 7.79. The van der Waals surface area contributed by atoms with Gasteiger partial charge in [-0.25, -0.2) is 0 Å². The average Bonchev–Trinajstić information content (AvgIpc) is 2.15. The average molecular weight is 178 g/mol. The molecule has 1 rings (SSSR count). The fourth-order valence-electron chi connectivity index (χ4n) is 1.29. The van der Waals surface area contributed by atoms with E-state index in [0.717, 1.165) is 31.1 Å². The lowest BCUT2D eigenvalue weighted by molar-refractivity contribution is 0.112. The lowest BCUT2D eigenvalue weighted by Crippen LogP contribution is -1.92. The number of unbranched alkanes of at least 4 members (excludes halogenated alkanes) is 1. The summed E-state index contributed by atoms with van der Waals surface area (Å²) in [7, 11) is 0. The van der Waals surface area contributed by atoms with Gasteiger partial charge in [0.15, 0.2) is 0 Å². The van der Waals surface area contributed by atoms with Gasteiger partial charge in [0.05, 0.1) is 0 Å². The zero-order valence-corrected chi connectivity index (χ0v) is 7.79. The van der Waals surface area contributed by atoms with E-state index in [4.69, 9.17) is 0 Å². The molecular formula is C11H14O2. The number of aldehydes is 1. The molecule has 13 heavy (non-hydrogen) atoms. The van der Waals surface area contributed by atoms with Gasteiger partial charge in [-0.05, 0) is 36.6 Å². The summed E-state index contributed by atoms with van der Waals surface area (Å²) in [6.45, 7) is 2.10. The third-order valence-corrected chi connectivity index (χ3v) is 2.05. The molecule has 1 aromatic rings. The van der Waals surface area contributed by atoms with Crippen LogP contribution in [0.15, 0.2) is 18.2 Å². The highest BCUT2D eigenvalue weighted by Crippen LogP contribution is 2.17. The Bertz CT molecular complexity index is 292. The number of hydrogen-bond acceptors (Lipinski definition) is 2. The molecule has 0 saturated carbocycles. The van der Waals surface area contributed by atoms with E-state index in [2.05, 4.69) is 6.92 Å². The number of aryl methyl sites for hydroxylation is 1. The van der Waals surface area contributed by atoms with Crippen LogP contribution in [0.3, 0.4) is 0 Å². The van der Waals surface area contributed by atoms with Crippen molar-refractivity contribution in [3.8, 4) is 5.75 Å². The van der Waals surface area contributed by atoms with Gasteiger partial charge >= 0.3 is 0 Å². The molecule has 0 aliphatic heterocycles. The summed E-state index contributed by atoms with van der Waals surface area (Å²) in [6, 6.07) is 4.87. The maximum Gasteiger partial charge on any atom is 0.150 e. The summed E-state index contributed by atoms with van der Waals surface area (Å²) < 4.78 is 0. The molecule has 0 atom stereocenters. The van der Waals surface area contributed by atoms with Crippen LogP contribution in [0.4, 0.5) is 0 Å². The Balaban J connectivity index is 2.87. The van der Waals surface area contributed by atoms with Crippen molar-refractivity contribution in [3.63, 3.8) is 0 Å². The summed E-state index contributed by atoms with van der Waals surface area (Å²) in [5.41, 5.74) is 1.63. The number of hydrogen-bond donors (Lipinski definition) is 1. The van der Waals surface area contributed by atoms with Crippen molar-refractivity contribution in [3.05, 3.63) is 29.3 Å². The number of carbonyl (C=O) groups excluding carboxylic acids is 1. The molecule has 0 aliphatic rings. The van der Waals surface area contributed by atoms with Gasteiger partial charge in [-0.3, -0.25) is 4.79 Å². The Morgan fingerprint density at radius 1 is 1.46 bits per heavy atom. The van der Waals surface area contributed by atoms with Crippen molar-refractivity contribution in [2.45, 2.75) is 26.2 Å². The van der Waals surface area contributed by atoms with E-state index in [-0.39, 0.29) is 5.75 Å². The number of rotatable bonds is 4. The van der Waals surface area contributed by atoms with E-state index in [0.29, 0.717) is 5.56 Å². The van der Waals surface area contributed by atoms with Crippen LogP contribution in [0.25, 0.3) is 0 Å². The van der Waals surface area contributed by atoms with Gasteiger partial charge in [-0.15, -0.1) is 0 Å². The third kappa shape index (κ3) is 2.58. The highest BCUT2D eigenvalue weighted by Gasteiger charge is 2.01. The maximum atomic E-state index is 10.6. The number of carbonyl (C=O) groups is 1. The molecule has 2 heteroatoms. The Labute approximate surface area is 78.2 Å². The van der Waals surface area contributed by atoms with Crippen LogP contribution in [0.1, 0.15) is 35.7 Å². The van der Waals surface area contributed by atoms with E-state index < -0.39 is 0 Å². The molecule has 1 N–H and O–H groups in total. The van der Waals surface area contributed by atoms with Gasteiger partial charge in [0.25, 0.3) is 0 Å². The lowest BCUT2D eigenvalue weighted by atomic mass is 10.0. The standard InChI is InChI=1S/C11H14O2/c1-2-3-4-9-7-11(13)6-5-10(9)8-12/h5-8,13H,2-4H2,1H3. The molecule has 0 radical (unpaired) electrons. The summed E-state index contributed by atoms with van der Waals surface area (Å²) in [4.78, 5) is 10.6. The molecule has 0 spiro atoms. The zero-order chi connectivity index (χ0) is 9.68. The van der Waals surface area contributed by atoms with Gasteiger partial charge in [-0.1, -0.05) is 13.3 Å². The first-order valence-electron chi connectivity index (χ1n) is 4.55. The second-order valence-corrected chi connectivity index (χ2v) is 3.10. The fourth-order valence-corrected chi connectivity index (χ4v) is 1.29. The van der Waals surface area contributed by atoms with Crippen LogP contribution in [-0.2, 0) is 6.42 Å². The highest BCUT2D eigenvalue weighted by atomic mass is 16.3. The second-order valence-electron chi connectivity index (χ2n) is 3.10. The molecule has 0 unspecified atom stereocenters. The van der Waals surface area contributed by atoms with Crippen molar-refractivity contribution in [2.75, 3.05) is 0 Å². The second kappa shape index (κ2) is 4.65. The van der Waals surface area contributed by atoms with Crippen molar-refractivity contribution in [1.29, 1.82) is 0 Å². The predicted molar refractivity (Wildman–Crippen MR) is 52.1 cm³/mol. The summed E-state index contributed by atoms with van der Waals surface area (Å²) in [5.74, 6) is 0.233. The van der Waals surface area contributed by atoms with Gasteiger partial charge in [0.2, 0.25) is 0 Å². The molecule has 0 saturated heterocycles. The molecule has 0 aliphatic carbocycles. The van der Waals surface area contributed by atoms with E-state index in [9.17, 15) is 9.90 Å². The Kier molecular flexibility index (Phi) is 3.50. The third-order valence-electron chi connectivity index (χ3n) is 2.05. The number of phenolic OH excluding ortho intramolecular Hbond substituents is 1. The Morgan fingerprint density at radius 2 is 2.23 bits per heavy atom. The monoisotopic (exact) mass is 178 g/mol.